The number of thiophene rings is 1. The maximum Gasteiger partial charge on any atom is 0.338 e. The third kappa shape index (κ3) is 3.39. The zero-order valence-electron chi connectivity index (χ0n) is 15.9. The number of halogens is 1. The van der Waals surface area contributed by atoms with Crippen molar-refractivity contribution in [3.8, 4) is 0 Å². The minimum atomic E-state index is -0.695. The lowest BCUT2D eigenvalue weighted by molar-refractivity contribution is -0.136. The molecule has 0 saturated heterocycles. The van der Waals surface area contributed by atoms with Gasteiger partial charge in [0.15, 0.2) is 4.80 Å². The number of esters is 1. The number of hydrogen-bond donors (Lipinski definition) is 0. The Balaban J connectivity index is 2.03. The molecule has 0 aliphatic carbocycles. The first-order chi connectivity index (χ1) is 13.9. The number of fused-ring (bicyclic) bond motifs is 1. The Hall–Kier alpha value is -2.48. The fraction of sp³-hybridized carbons (Fsp3) is 0.190. The highest BCUT2D eigenvalue weighted by atomic mass is 35.5. The van der Waals surface area contributed by atoms with Crippen LogP contribution in [0.2, 0.25) is 5.02 Å². The standard InChI is InChI=1S/C21H17ClN2O3S2/c1-11-8-9-28-15(11)10-16-19(25)24-18(13-6-4-5-7-14(13)22)17(20(26)27-3)12(2)23-21(24)29-16/h4-10,18H,1-3H3/b16-10+/t18-/m1/s1. The second-order valence-corrected chi connectivity index (χ2v) is 8.93. The molecule has 0 saturated carbocycles. The van der Waals surface area contributed by atoms with Crippen molar-refractivity contribution >= 4 is 46.3 Å². The molecule has 3 heterocycles. The van der Waals surface area contributed by atoms with Crippen LogP contribution in [0.5, 0.6) is 0 Å². The van der Waals surface area contributed by atoms with Crippen LogP contribution in [-0.4, -0.2) is 17.6 Å². The normalized spacial score (nSPS) is 16.6. The van der Waals surface area contributed by atoms with Gasteiger partial charge in [0.2, 0.25) is 0 Å². The quantitative estimate of drug-likeness (QED) is 0.581. The van der Waals surface area contributed by atoms with E-state index in [0.717, 1.165) is 10.4 Å². The van der Waals surface area contributed by atoms with Gasteiger partial charge in [-0.1, -0.05) is 41.1 Å². The molecule has 1 atom stereocenters. The molecule has 1 aromatic carbocycles. The van der Waals surface area contributed by atoms with Gasteiger partial charge in [-0.3, -0.25) is 9.36 Å². The summed E-state index contributed by atoms with van der Waals surface area (Å²) in [7, 11) is 1.32. The minimum Gasteiger partial charge on any atom is -0.466 e. The molecule has 1 aliphatic rings. The van der Waals surface area contributed by atoms with Crippen molar-refractivity contribution in [2.75, 3.05) is 7.11 Å². The molecule has 0 fully saturated rings. The van der Waals surface area contributed by atoms with E-state index in [1.807, 2.05) is 42.6 Å². The van der Waals surface area contributed by atoms with Crippen molar-refractivity contribution in [3.05, 3.63) is 87.7 Å². The highest BCUT2D eigenvalue weighted by Gasteiger charge is 2.34. The monoisotopic (exact) mass is 444 g/mol. The molecule has 2 aromatic heterocycles. The number of hydrogen-bond acceptors (Lipinski definition) is 6. The molecule has 0 radical (unpaired) electrons. The van der Waals surface area contributed by atoms with Gasteiger partial charge >= 0.3 is 5.97 Å². The van der Waals surface area contributed by atoms with E-state index in [-0.39, 0.29) is 5.56 Å². The summed E-state index contributed by atoms with van der Waals surface area (Å²) in [6.07, 6.45) is 1.88. The van der Waals surface area contributed by atoms with Crippen LogP contribution in [0.4, 0.5) is 0 Å². The Morgan fingerprint density at radius 3 is 2.69 bits per heavy atom. The van der Waals surface area contributed by atoms with Gasteiger partial charge in [-0.15, -0.1) is 11.3 Å². The number of allylic oxidation sites excluding steroid dienone is 1. The zero-order chi connectivity index (χ0) is 20.7. The molecule has 1 aliphatic heterocycles. The van der Waals surface area contributed by atoms with Crippen LogP contribution in [0.25, 0.3) is 6.08 Å². The number of rotatable bonds is 3. The number of carbonyl (C=O) groups is 1. The Kier molecular flexibility index (Phi) is 5.29. The van der Waals surface area contributed by atoms with Crippen LogP contribution in [0.1, 0.15) is 29.0 Å². The van der Waals surface area contributed by atoms with E-state index in [0.29, 0.717) is 31.2 Å². The van der Waals surface area contributed by atoms with Gasteiger partial charge < -0.3 is 4.74 Å². The second-order valence-electron chi connectivity index (χ2n) is 6.56. The van der Waals surface area contributed by atoms with Gasteiger partial charge in [0.05, 0.1) is 22.9 Å². The van der Waals surface area contributed by atoms with E-state index in [9.17, 15) is 9.59 Å². The van der Waals surface area contributed by atoms with Crippen molar-refractivity contribution in [1.82, 2.24) is 4.57 Å². The van der Waals surface area contributed by atoms with Crippen LogP contribution in [0.15, 0.2) is 56.8 Å². The topological polar surface area (TPSA) is 60.7 Å². The van der Waals surface area contributed by atoms with Crippen molar-refractivity contribution in [2.45, 2.75) is 19.9 Å². The highest BCUT2D eigenvalue weighted by molar-refractivity contribution is 7.11. The number of ether oxygens (including phenoxy) is 1. The van der Waals surface area contributed by atoms with Gasteiger partial charge in [-0.25, -0.2) is 9.79 Å². The van der Waals surface area contributed by atoms with Crippen LogP contribution >= 0.6 is 34.3 Å². The lowest BCUT2D eigenvalue weighted by atomic mass is 9.96. The number of aryl methyl sites for hydroxylation is 1. The van der Waals surface area contributed by atoms with E-state index < -0.39 is 12.0 Å². The maximum atomic E-state index is 13.4. The fourth-order valence-electron chi connectivity index (χ4n) is 3.34. The van der Waals surface area contributed by atoms with Crippen molar-refractivity contribution < 1.29 is 9.53 Å². The minimum absolute atomic E-state index is 0.208. The molecule has 0 spiro atoms. The van der Waals surface area contributed by atoms with Crippen molar-refractivity contribution in [1.29, 1.82) is 0 Å². The molecule has 148 valence electrons. The van der Waals surface area contributed by atoms with Gasteiger partial charge in [-0.2, -0.15) is 0 Å². The van der Waals surface area contributed by atoms with Gasteiger partial charge in [0.25, 0.3) is 5.56 Å². The molecule has 0 N–H and O–H groups in total. The summed E-state index contributed by atoms with van der Waals surface area (Å²) >= 11 is 9.34. The summed E-state index contributed by atoms with van der Waals surface area (Å²) < 4.78 is 7.10. The van der Waals surface area contributed by atoms with Crippen LogP contribution < -0.4 is 14.9 Å². The Bertz CT molecular complexity index is 1330. The molecule has 5 nitrogen and oxygen atoms in total. The van der Waals surface area contributed by atoms with Crippen molar-refractivity contribution in [3.63, 3.8) is 0 Å². The van der Waals surface area contributed by atoms with E-state index in [1.54, 1.807) is 28.9 Å². The molecular formula is C21H17ClN2O3S2. The summed E-state index contributed by atoms with van der Waals surface area (Å²) in [4.78, 5) is 32.1. The summed E-state index contributed by atoms with van der Waals surface area (Å²) in [5.41, 5.74) is 2.38. The third-order valence-electron chi connectivity index (χ3n) is 4.79. The van der Waals surface area contributed by atoms with Crippen molar-refractivity contribution in [2.24, 2.45) is 4.99 Å². The van der Waals surface area contributed by atoms with Crippen LogP contribution in [-0.2, 0) is 9.53 Å². The number of carbonyl (C=O) groups excluding carboxylic acids is 1. The van der Waals surface area contributed by atoms with Crippen LogP contribution in [0.3, 0.4) is 0 Å². The number of thiazole rings is 1. The lowest BCUT2D eigenvalue weighted by Gasteiger charge is -2.25. The van der Waals surface area contributed by atoms with E-state index >= 15 is 0 Å². The fourth-order valence-corrected chi connectivity index (χ4v) is 5.54. The van der Waals surface area contributed by atoms with Gasteiger partial charge in [-0.05, 0) is 48.6 Å². The predicted molar refractivity (Wildman–Crippen MR) is 116 cm³/mol. The Morgan fingerprint density at radius 1 is 1.28 bits per heavy atom. The largest absolute Gasteiger partial charge is 0.466 e. The second kappa shape index (κ2) is 7.74. The number of methoxy groups -OCH3 is 1. The molecule has 0 bridgehead atoms. The average molecular weight is 445 g/mol. The summed E-state index contributed by atoms with van der Waals surface area (Å²) in [5, 5.41) is 2.46. The van der Waals surface area contributed by atoms with E-state index in [4.69, 9.17) is 16.3 Å². The highest BCUT2D eigenvalue weighted by Crippen LogP contribution is 2.34. The summed E-state index contributed by atoms with van der Waals surface area (Å²) in [6, 6.07) is 8.51. The molecule has 8 heteroatoms. The average Bonchev–Trinajstić information content (AvgIpc) is 3.24. The first-order valence-corrected chi connectivity index (χ1v) is 10.9. The third-order valence-corrected chi connectivity index (χ3v) is 7.08. The van der Waals surface area contributed by atoms with E-state index in [2.05, 4.69) is 4.99 Å². The first kappa shape index (κ1) is 19.8. The van der Waals surface area contributed by atoms with Crippen LogP contribution in [0, 0.1) is 6.92 Å². The number of aromatic nitrogens is 1. The molecule has 0 amide bonds. The van der Waals surface area contributed by atoms with Gasteiger partial charge in [0.1, 0.15) is 6.04 Å². The SMILES string of the molecule is COC(=O)C1=C(C)N=c2s/c(=C/c3sccc3C)c(=O)n2[C@@H]1c1ccccc1Cl. The summed E-state index contributed by atoms with van der Waals surface area (Å²) in [6.45, 7) is 3.75. The number of nitrogens with zero attached hydrogens (tertiary/aromatic N) is 2. The molecular weight excluding hydrogens is 428 g/mol. The molecule has 0 unspecified atom stereocenters. The lowest BCUT2D eigenvalue weighted by Crippen LogP contribution is -2.39. The maximum absolute atomic E-state index is 13.4. The molecule has 4 rings (SSSR count). The Labute approximate surface area is 179 Å². The smallest absolute Gasteiger partial charge is 0.338 e. The summed E-state index contributed by atoms with van der Waals surface area (Å²) in [5.74, 6) is -0.528. The number of benzene rings is 1. The Morgan fingerprint density at radius 2 is 2.03 bits per heavy atom. The van der Waals surface area contributed by atoms with Gasteiger partial charge in [0, 0.05) is 9.90 Å². The molecule has 3 aromatic rings. The predicted octanol–water partition coefficient (Wildman–Crippen LogP) is 3.43. The van der Waals surface area contributed by atoms with E-state index in [1.165, 1.54) is 18.4 Å². The zero-order valence-corrected chi connectivity index (χ0v) is 18.3. The molecule has 29 heavy (non-hydrogen) atoms. The first-order valence-electron chi connectivity index (χ1n) is 8.81.